The first-order chi connectivity index (χ1) is 14.8. The van der Waals surface area contributed by atoms with Gasteiger partial charge in [-0.25, -0.2) is 0 Å². The van der Waals surface area contributed by atoms with E-state index < -0.39 is 0 Å². The second-order valence-electron chi connectivity index (χ2n) is 7.09. The lowest BCUT2D eigenvalue weighted by molar-refractivity contribution is 0.0609. The second-order valence-corrected chi connectivity index (χ2v) is 8.04. The Labute approximate surface area is 177 Å². The lowest BCUT2D eigenvalue weighted by Crippen LogP contribution is -2.48. The number of aromatic amines is 1. The number of thiophene rings is 1. The highest BCUT2D eigenvalue weighted by Gasteiger charge is 2.25. The highest BCUT2D eigenvalue weighted by Crippen LogP contribution is 2.22. The van der Waals surface area contributed by atoms with Gasteiger partial charge in [0.2, 0.25) is 11.7 Å². The minimum absolute atomic E-state index is 0.0258. The van der Waals surface area contributed by atoms with Crippen LogP contribution in [0.3, 0.4) is 0 Å². The number of nitrogens with zero attached hydrogens (tertiary/aromatic N) is 5. The first-order valence-electron chi connectivity index (χ1n) is 9.75. The maximum atomic E-state index is 12.8. The van der Waals surface area contributed by atoms with Crippen LogP contribution in [0.5, 0.6) is 0 Å². The van der Waals surface area contributed by atoms with Crippen LogP contribution in [0.4, 0.5) is 0 Å². The molecule has 0 radical (unpaired) electrons. The summed E-state index contributed by atoms with van der Waals surface area (Å²) in [5, 5.41) is 13.2. The van der Waals surface area contributed by atoms with Crippen LogP contribution in [0, 0.1) is 0 Å². The molecule has 4 aromatic rings. The molecular weight excluding hydrogens is 400 g/mol. The van der Waals surface area contributed by atoms with E-state index in [9.17, 15) is 4.79 Å². The SMILES string of the molecule is O=C(c1cc(-c2ccccc2)n[nH]1)N1CCN(Cc2nc(-c3cccs3)no2)CC1. The van der Waals surface area contributed by atoms with E-state index in [-0.39, 0.29) is 5.91 Å². The molecule has 3 aromatic heterocycles. The highest BCUT2D eigenvalue weighted by molar-refractivity contribution is 7.13. The molecule has 1 aromatic carbocycles. The molecule has 1 saturated heterocycles. The number of rotatable bonds is 5. The Morgan fingerprint density at radius 1 is 1.10 bits per heavy atom. The normalized spacial score (nSPS) is 14.9. The van der Waals surface area contributed by atoms with E-state index in [1.807, 2.05) is 58.8 Å². The van der Waals surface area contributed by atoms with E-state index in [0.717, 1.165) is 29.2 Å². The Kier molecular flexibility index (Phi) is 5.12. The van der Waals surface area contributed by atoms with Gasteiger partial charge in [0.15, 0.2) is 0 Å². The van der Waals surface area contributed by atoms with Crippen molar-refractivity contribution in [1.29, 1.82) is 0 Å². The van der Waals surface area contributed by atoms with Gasteiger partial charge in [-0.3, -0.25) is 14.8 Å². The molecule has 1 aliphatic heterocycles. The average molecular weight is 420 g/mol. The number of H-pyrrole nitrogens is 1. The van der Waals surface area contributed by atoms with Gasteiger partial charge >= 0.3 is 0 Å². The summed E-state index contributed by atoms with van der Waals surface area (Å²) in [5.41, 5.74) is 2.27. The highest BCUT2D eigenvalue weighted by atomic mass is 32.1. The van der Waals surface area contributed by atoms with Crippen LogP contribution in [-0.4, -0.2) is 62.2 Å². The third-order valence-electron chi connectivity index (χ3n) is 5.11. The van der Waals surface area contributed by atoms with Crippen molar-refractivity contribution in [1.82, 2.24) is 30.1 Å². The number of hydrogen-bond acceptors (Lipinski definition) is 7. The fraction of sp³-hybridized carbons (Fsp3) is 0.238. The van der Waals surface area contributed by atoms with E-state index >= 15 is 0 Å². The third kappa shape index (κ3) is 3.89. The van der Waals surface area contributed by atoms with Gasteiger partial charge in [0, 0.05) is 31.7 Å². The largest absolute Gasteiger partial charge is 0.338 e. The number of amides is 1. The molecule has 30 heavy (non-hydrogen) atoms. The molecule has 9 heteroatoms. The third-order valence-corrected chi connectivity index (χ3v) is 5.97. The molecule has 8 nitrogen and oxygen atoms in total. The van der Waals surface area contributed by atoms with E-state index in [1.165, 1.54) is 0 Å². The molecule has 1 N–H and O–H groups in total. The van der Waals surface area contributed by atoms with Gasteiger partial charge in [0.25, 0.3) is 5.91 Å². The van der Waals surface area contributed by atoms with Crippen molar-refractivity contribution in [2.24, 2.45) is 0 Å². The molecular formula is C21H20N6O2S. The molecule has 1 fully saturated rings. The molecule has 152 valence electrons. The topological polar surface area (TPSA) is 91.2 Å². The summed E-state index contributed by atoms with van der Waals surface area (Å²) < 4.78 is 5.39. The zero-order chi connectivity index (χ0) is 20.3. The van der Waals surface area contributed by atoms with Crippen LogP contribution in [-0.2, 0) is 6.54 Å². The summed E-state index contributed by atoms with van der Waals surface area (Å²) in [6, 6.07) is 15.6. The van der Waals surface area contributed by atoms with Crippen molar-refractivity contribution in [3.63, 3.8) is 0 Å². The number of piperazine rings is 1. The molecule has 0 aliphatic carbocycles. The summed E-state index contributed by atoms with van der Waals surface area (Å²) in [4.78, 5) is 22.4. The first-order valence-corrected chi connectivity index (χ1v) is 10.6. The predicted molar refractivity (Wildman–Crippen MR) is 113 cm³/mol. The van der Waals surface area contributed by atoms with Crippen molar-refractivity contribution >= 4 is 17.2 Å². The van der Waals surface area contributed by atoms with Crippen LogP contribution in [0.15, 0.2) is 58.4 Å². The van der Waals surface area contributed by atoms with E-state index in [0.29, 0.717) is 37.0 Å². The van der Waals surface area contributed by atoms with Crippen molar-refractivity contribution in [3.05, 3.63) is 65.5 Å². The quantitative estimate of drug-likeness (QED) is 0.533. The summed E-state index contributed by atoms with van der Waals surface area (Å²) in [6.45, 7) is 3.38. The lowest BCUT2D eigenvalue weighted by atomic mass is 10.1. The van der Waals surface area contributed by atoms with Gasteiger partial charge in [-0.1, -0.05) is 41.6 Å². The monoisotopic (exact) mass is 420 g/mol. The number of benzene rings is 1. The van der Waals surface area contributed by atoms with Gasteiger partial charge in [-0.15, -0.1) is 11.3 Å². The number of carbonyl (C=O) groups excluding carboxylic acids is 1. The molecule has 1 aliphatic rings. The zero-order valence-electron chi connectivity index (χ0n) is 16.2. The van der Waals surface area contributed by atoms with Crippen LogP contribution in [0.2, 0.25) is 0 Å². The Bertz CT molecular complexity index is 1110. The molecule has 1 amide bonds. The molecule has 0 unspecified atom stereocenters. The maximum absolute atomic E-state index is 12.8. The van der Waals surface area contributed by atoms with Crippen LogP contribution in [0.25, 0.3) is 22.0 Å². The molecule has 0 spiro atoms. The summed E-state index contributed by atoms with van der Waals surface area (Å²) in [7, 11) is 0. The van der Waals surface area contributed by atoms with Gasteiger partial charge in [0.05, 0.1) is 17.1 Å². The summed E-state index contributed by atoms with van der Waals surface area (Å²) in [6.07, 6.45) is 0. The lowest BCUT2D eigenvalue weighted by Gasteiger charge is -2.33. The van der Waals surface area contributed by atoms with Gasteiger partial charge < -0.3 is 9.42 Å². The predicted octanol–water partition coefficient (Wildman–Crippen LogP) is 3.15. The van der Waals surface area contributed by atoms with E-state index in [4.69, 9.17) is 4.52 Å². The standard InChI is InChI=1S/C21H20N6O2S/c28-21(17-13-16(23-24-17)15-5-2-1-3-6-15)27-10-8-26(9-11-27)14-19-22-20(25-29-19)18-7-4-12-30-18/h1-7,12-13H,8-11,14H2,(H,23,24). The Balaban J connectivity index is 1.17. The smallest absolute Gasteiger partial charge is 0.271 e. The molecule has 0 atom stereocenters. The number of nitrogens with one attached hydrogen (secondary N) is 1. The summed E-state index contributed by atoms with van der Waals surface area (Å²) in [5.74, 6) is 1.20. The second kappa shape index (κ2) is 8.21. The Hall–Kier alpha value is -3.30. The fourth-order valence-electron chi connectivity index (χ4n) is 3.48. The number of carbonyl (C=O) groups is 1. The molecule has 5 rings (SSSR count). The Morgan fingerprint density at radius 2 is 1.93 bits per heavy atom. The first kappa shape index (κ1) is 18.7. The average Bonchev–Trinajstić information content (AvgIpc) is 3.56. The number of aromatic nitrogens is 4. The van der Waals surface area contributed by atoms with Crippen molar-refractivity contribution in [2.45, 2.75) is 6.54 Å². The van der Waals surface area contributed by atoms with Crippen LogP contribution in [0.1, 0.15) is 16.4 Å². The van der Waals surface area contributed by atoms with Gasteiger partial charge in [0.1, 0.15) is 5.69 Å². The van der Waals surface area contributed by atoms with Gasteiger partial charge in [-0.05, 0) is 17.5 Å². The molecule has 0 bridgehead atoms. The zero-order valence-corrected chi connectivity index (χ0v) is 17.0. The minimum Gasteiger partial charge on any atom is -0.338 e. The van der Waals surface area contributed by atoms with Crippen LogP contribution < -0.4 is 0 Å². The van der Waals surface area contributed by atoms with Crippen molar-refractivity contribution in [2.75, 3.05) is 26.2 Å². The van der Waals surface area contributed by atoms with Crippen molar-refractivity contribution in [3.8, 4) is 22.0 Å². The fourth-order valence-corrected chi connectivity index (χ4v) is 4.13. The minimum atomic E-state index is -0.0258. The molecule has 0 saturated carbocycles. The summed E-state index contributed by atoms with van der Waals surface area (Å²) >= 11 is 1.59. The maximum Gasteiger partial charge on any atom is 0.271 e. The van der Waals surface area contributed by atoms with Crippen molar-refractivity contribution < 1.29 is 9.32 Å². The van der Waals surface area contributed by atoms with Crippen LogP contribution >= 0.6 is 11.3 Å². The van der Waals surface area contributed by atoms with Gasteiger partial charge in [-0.2, -0.15) is 10.1 Å². The van der Waals surface area contributed by atoms with E-state index in [2.05, 4.69) is 25.2 Å². The van der Waals surface area contributed by atoms with E-state index in [1.54, 1.807) is 11.3 Å². The number of hydrogen-bond donors (Lipinski definition) is 1. The molecule has 4 heterocycles. The Morgan fingerprint density at radius 3 is 2.70 bits per heavy atom.